The zero-order valence-corrected chi connectivity index (χ0v) is 11.0. The Hall–Kier alpha value is -1.35. The SMILES string of the molecule is CNCC(C)(C)Cc1ccc2nc(C)oc2c1. The molecule has 0 aliphatic carbocycles. The van der Waals surface area contributed by atoms with Crippen LogP contribution in [0.3, 0.4) is 0 Å². The number of rotatable bonds is 4. The molecule has 0 saturated heterocycles. The van der Waals surface area contributed by atoms with Crippen molar-refractivity contribution >= 4 is 11.1 Å². The van der Waals surface area contributed by atoms with E-state index in [1.165, 1.54) is 5.56 Å². The number of benzene rings is 1. The van der Waals surface area contributed by atoms with E-state index < -0.39 is 0 Å². The summed E-state index contributed by atoms with van der Waals surface area (Å²) in [5, 5.41) is 3.23. The molecule has 0 atom stereocenters. The molecule has 3 heteroatoms. The van der Waals surface area contributed by atoms with Crippen molar-refractivity contribution in [3.05, 3.63) is 29.7 Å². The Morgan fingerprint density at radius 2 is 2.12 bits per heavy atom. The summed E-state index contributed by atoms with van der Waals surface area (Å²) in [6, 6.07) is 6.28. The van der Waals surface area contributed by atoms with Gasteiger partial charge in [-0.2, -0.15) is 0 Å². The third kappa shape index (κ3) is 2.86. The summed E-state index contributed by atoms with van der Waals surface area (Å²) in [5.41, 5.74) is 3.38. The van der Waals surface area contributed by atoms with Crippen LogP contribution in [-0.2, 0) is 6.42 Å². The molecule has 1 aromatic carbocycles. The molecule has 1 heterocycles. The van der Waals surface area contributed by atoms with Crippen LogP contribution in [0.15, 0.2) is 22.6 Å². The Balaban J connectivity index is 2.24. The molecule has 92 valence electrons. The van der Waals surface area contributed by atoms with Crippen molar-refractivity contribution in [2.75, 3.05) is 13.6 Å². The Labute approximate surface area is 102 Å². The average molecular weight is 232 g/mol. The minimum Gasteiger partial charge on any atom is -0.441 e. The van der Waals surface area contributed by atoms with Crippen LogP contribution >= 0.6 is 0 Å². The molecule has 0 aliphatic rings. The lowest BCUT2D eigenvalue weighted by Gasteiger charge is -2.24. The van der Waals surface area contributed by atoms with Crippen molar-refractivity contribution in [1.82, 2.24) is 10.3 Å². The summed E-state index contributed by atoms with van der Waals surface area (Å²) in [6.45, 7) is 7.41. The molecule has 2 rings (SSSR count). The minimum absolute atomic E-state index is 0.248. The van der Waals surface area contributed by atoms with Gasteiger partial charge in [-0.1, -0.05) is 19.9 Å². The van der Waals surface area contributed by atoms with Crippen LogP contribution < -0.4 is 5.32 Å². The van der Waals surface area contributed by atoms with Gasteiger partial charge in [-0.15, -0.1) is 0 Å². The second-order valence-corrected chi connectivity index (χ2v) is 5.41. The topological polar surface area (TPSA) is 38.1 Å². The normalized spacial score (nSPS) is 12.2. The summed E-state index contributed by atoms with van der Waals surface area (Å²) in [6.07, 6.45) is 1.03. The smallest absolute Gasteiger partial charge is 0.192 e. The second kappa shape index (κ2) is 4.49. The number of oxazole rings is 1. The van der Waals surface area contributed by atoms with Gasteiger partial charge < -0.3 is 9.73 Å². The highest BCUT2D eigenvalue weighted by Crippen LogP contribution is 2.24. The molecule has 1 aromatic heterocycles. The van der Waals surface area contributed by atoms with E-state index in [2.05, 4.69) is 36.3 Å². The molecular weight excluding hydrogens is 212 g/mol. The van der Waals surface area contributed by atoms with Gasteiger partial charge in [-0.25, -0.2) is 4.98 Å². The standard InChI is InChI=1S/C14H20N2O/c1-10-16-12-6-5-11(7-13(12)17-10)8-14(2,3)9-15-4/h5-7,15H,8-9H2,1-4H3. The first kappa shape index (κ1) is 12.1. The molecule has 0 fully saturated rings. The number of fused-ring (bicyclic) bond motifs is 1. The van der Waals surface area contributed by atoms with E-state index in [1.807, 2.05) is 20.0 Å². The molecule has 0 unspecified atom stereocenters. The first-order chi connectivity index (χ1) is 8.00. The van der Waals surface area contributed by atoms with E-state index in [0.717, 1.165) is 30.0 Å². The van der Waals surface area contributed by atoms with Gasteiger partial charge in [0, 0.05) is 13.5 Å². The third-order valence-corrected chi connectivity index (χ3v) is 2.90. The molecule has 1 N–H and O–H groups in total. The van der Waals surface area contributed by atoms with Gasteiger partial charge in [0.05, 0.1) is 0 Å². The second-order valence-electron chi connectivity index (χ2n) is 5.41. The maximum absolute atomic E-state index is 5.56. The van der Waals surface area contributed by atoms with Crippen LogP contribution in [0.1, 0.15) is 25.3 Å². The van der Waals surface area contributed by atoms with Crippen LogP contribution in [-0.4, -0.2) is 18.6 Å². The van der Waals surface area contributed by atoms with Crippen LogP contribution in [0, 0.1) is 12.3 Å². The molecule has 0 saturated carbocycles. The van der Waals surface area contributed by atoms with Crippen molar-refractivity contribution < 1.29 is 4.42 Å². The van der Waals surface area contributed by atoms with Crippen molar-refractivity contribution in [3.63, 3.8) is 0 Å². The van der Waals surface area contributed by atoms with Gasteiger partial charge in [0.25, 0.3) is 0 Å². The van der Waals surface area contributed by atoms with Crippen LogP contribution in [0.2, 0.25) is 0 Å². The van der Waals surface area contributed by atoms with Crippen molar-refractivity contribution in [1.29, 1.82) is 0 Å². The Morgan fingerprint density at radius 1 is 1.35 bits per heavy atom. The van der Waals surface area contributed by atoms with Gasteiger partial charge >= 0.3 is 0 Å². The molecule has 0 amide bonds. The zero-order chi connectivity index (χ0) is 12.5. The number of nitrogens with one attached hydrogen (secondary N) is 1. The average Bonchev–Trinajstić information content (AvgIpc) is 2.56. The summed E-state index contributed by atoms with van der Waals surface area (Å²) in [7, 11) is 1.99. The highest BCUT2D eigenvalue weighted by Gasteiger charge is 2.18. The molecule has 0 spiro atoms. The minimum atomic E-state index is 0.248. The van der Waals surface area contributed by atoms with E-state index in [9.17, 15) is 0 Å². The van der Waals surface area contributed by atoms with Gasteiger partial charge in [0.2, 0.25) is 0 Å². The Bertz CT molecular complexity index is 514. The number of nitrogens with zero attached hydrogens (tertiary/aromatic N) is 1. The van der Waals surface area contributed by atoms with Crippen LogP contribution in [0.25, 0.3) is 11.1 Å². The van der Waals surface area contributed by atoms with Crippen LogP contribution in [0.4, 0.5) is 0 Å². The first-order valence-corrected chi connectivity index (χ1v) is 6.01. The van der Waals surface area contributed by atoms with Gasteiger partial charge in [0.1, 0.15) is 5.52 Å². The number of aryl methyl sites for hydroxylation is 1. The highest BCUT2D eigenvalue weighted by atomic mass is 16.3. The van der Waals surface area contributed by atoms with E-state index >= 15 is 0 Å². The number of aromatic nitrogens is 1. The van der Waals surface area contributed by atoms with Gasteiger partial charge in [-0.05, 0) is 36.6 Å². The van der Waals surface area contributed by atoms with Crippen molar-refractivity contribution in [2.45, 2.75) is 27.2 Å². The van der Waals surface area contributed by atoms with Crippen LogP contribution in [0.5, 0.6) is 0 Å². The summed E-state index contributed by atoms with van der Waals surface area (Å²) in [4.78, 5) is 4.31. The highest BCUT2D eigenvalue weighted by molar-refractivity contribution is 5.73. The molecule has 2 aromatic rings. The lowest BCUT2D eigenvalue weighted by Crippen LogP contribution is -2.28. The Morgan fingerprint density at radius 3 is 2.82 bits per heavy atom. The van der Waals surface area contributed by atoms with E-state index in [1.54, 1.807) is 0 Å². The predicted octanol–water partition coefficient (Wildman–Crippen LogP) is 2.92. The molecule has 0 bridgehead atoms. The quantitative estimate of drug-likeness (QED) is 0.880. The molecule has 0 radical (unpaired) electrons. The molecule has 0 aliphatic heterocycles. The third-order valence-electron chi connectivity index (χ3n) is 2.90. The lowest BCUT2D eigenvalue weighted by atomic mass is 9.85. The van der Waals surface area contributed by atoms with Gasteiger partial charge in [-0.3, -0.25) is 0 Å². The summed E-state index contributed by atoms with van der Waals surface area (Å²) >= 11 is 0. The fourth-order valence-corrected chi connectivity index (χ4v) is 2.29. The number of hydrogen-bond acceptors (Lipinski definition) is 3. The van der Waals surface area contributed by atoms with Gasteiger partial charge in [0.15, 0.2) is 11.5 Å². The number of hydrogen-bond donors (Lipinski definition) is 1. The lowest BCUT2D eigenvalue weighted by molar-refractivity contribution is 0.350. The van der Waals surface area contributed by atoms with E-state index in [0.29, 0.717) is 0 Å². The predicted molar refractivity (Wildman–Crippen MR) is 70.2 cm³/mol. The maximum Gasteiger partial charge on any atom is 0.192 e. The zero-order valence-electron chi connectivity index (χ0n) is 11.0. The molecule has 17 heavy (non-hydrogen) atoms. The summed E-state index contributed by atoms with van der Waals surface area (Å²) < 4.78 is 5.56. The monoisotopic (exact) mass is 232 g/mol. The van der Waals surface area contributed by atoms with E-state index in [4.69, 9.17) is 4.42 Å². The van der Waals surface area contributed by atoms with Crippen molar-refractivity contribution in [2.24, 2.45) is 5.41 Å². The molecule has 3 nitrogen and oxygen atoms in total. The van der Waals surface area contributed by atoms with E-state index in [-0.39, 0.29) is 5.41 Å². The fourth-order valence-electron chi connectivity index (χ4n) is 2.29. The van der Waals surface area contributed by atoms with Crippen molar-refractivity contribution in [3.8, 4) is 0 Å². The maximum atomic E-state index is 5.56. The Kier molecular flexibility index (Phi) is 3.20. The fraction of sp³-hybridized carbons (Fsp3) is 0.500. The molecular formula is C14H20N2O. The summed E-state index contributed by atoms with van der Waals surface area (Å²) in [5.74, 6) is 0.728. The first-order valence-electron chi connectivity index (χ1n) is 6.01. The largest absolute Gasteiger partial charge is 0.441 e.